The Hall–Kier alpha value is -2.41. The van der Waals surface area contributed by atoms with E-state index in [1.807, 2.05) is 0 Å². The van der Waals surface area contributed by atoms with Crippen molar-refractivity contribution in [1.29, 1.82) is 0 Å². The molecule has 156 valence electrons. The lowest BCUT2D eigenvalue weighted by Gasteiger charge is -2.35. The van der Waals surface area contributed by atoms with Gasteiger partial charge in [0.05, 0.1) is 24.5 Å². The van der Waals surface area contributed by atoms with Gasteiger partial charge in [-0.15, -0.1) is 0 Å². The van der Waals surface area contributed by atoms with Crippen LogP contribution in [0.5, 0.6) is 5.75 Å². The van der Waals surface area contributed by atoms with Gasteiger partial charge in [0.25, 0.3) is 0 Å². The maximum absolute atomic E-state index is 10.9. The van der Waals surface area contributed by atoms with E-state index in [1.54, 1.807) is 18.2 Å². The SMILES string of the molecule is CC[N+](CC)(CC)Cc1ccccc1.O=S(=O)([O-])c1ccc(O)c2ccccc12. The van der Waals surface area contributed by atoms with Gasteiger partial charge in [0.2, 0.25) is 0 Å². The van der Waals surface area contributed by atoms with E-state index in [0.717, 1.165) is 6.07 Å². The zero-order valence-electron chi connectivity index (χ0n) is 17.2. The average molecular weight is 416 g/mol. The second-order valence-corrected chi connectivity index (χ2v) is 8.36. The molecule has 0 radical (unpaired) electrons. The van der Waals surface area contributed by atoms with Crippen molar-refractivity contribution in [2.75, 3.05) is 19.6 Å². The minimum absolute atomic E-state index is 0.0435. The summed E-state index contributed by atoms with van der Waals surface area (Å²) in [6, 6.07) is 19.4. The van der Waals surface area contributed by atoms with Crippen molar-refractivity contribution in [1.82, 2.24) is 0 Å². The molecular formula is C23H29NO4S. The van der Waals surface area contributed by atoms with Crippen molar-refractivity contribution in [3.8, 4) is 5.75 Å². The van der Waals surface area contributed by atoms with Crippen LogP contribution < -0.4 is 0 Å². The van der Waals surface area contributed by atoms with E-state index >= 15 is 0 Å². The van der Waals surface area contributed by atoms with Crippen LogP contribution in [0.1, 0.15) is 26.3 Å². The largest absolute Gasteiger partial charge is 0.744 e. The third-order valence-electron chi connectivity index (χ3n) is 5.50. The van der Waals surface area contributed by atoms with Gasteiger partial charge < -0.3 is 14.1 Å². The molecule has 0 fully saturated rings. The highest BCUT2D eigenvalue weighted by atomic mass is 32.2. The maximum Gasteiger partial charge on any atom is 0.125 e. The van der Waals surface area contributed by atoms with Crippen LogP contribution in [0.25, 0.3) is 10.8 Å². The number of quaternary nitrogens is 1. The van der Waals surface area contributed by atoms with E-state index in [-0.39, 0.29) is 16.0 Å². The Morgan fingerprint density at radius 1 is 0.793 bits per heavy atom. The number of aromatic hydroxyl groups is 1. The van der Waals surface area contributed by atoms with Crippen molar-refractivity contribution in [2.45, 2.75) is 32.2 Å². The Balaban J connectivity index is 0.000000208. The Morgan fingerprint density at radius 2 is 1.31 bits per heavy atom. The summed E-state index contributed by atoms with van der Waals surface area (Å²) in [6.07, 6.45) is 0. The fourth-order valence-electron chi connectivity index (χ4n) is 3.45. The maximum atomic E-state index is 10.9. The summed E-state index contributed by atoms with van der Waals surface area (Å²) in [5.41, 5.74) is 1.46. The number of hydrogen-bond acceptors (Lipinski definition) is 4. The van der Waals surface area contributed by atoms with E-state index in [1.165, 1.54) is 48.4 Å². The van der Waals surface area contributed by atoms with Crippen LogP contribution in [0.15, 0.2) is 71.6 Å². The minimum atomic E-state index is -4.51. The molecule has 3 aromatic carbocycles. The minimum Gasteiger partial charge on any atom is -0.744 e. The molecule has 0 saturated heterocycles. The molecule has 0 bridgehead atoms. The number of benzene rings is 3. The molecule has 0 aliphatic carbocycles. The second kappa shape index (κ2) is 9.87. The molecule has 0 unspecified atom stereocenters. The lowest BCUT2D eigenvalue weighted by Crippen LogP contribution is -2.46. The molecule has 0 amide bonds. The molecule has 29 heavy (non-hydrogen) atoms. The molecule has 0 saturated carbocycles. The summed E-state index contributed by atoms with van der Waals surface area (Å²) < 4.78 is 34.0. The van der Waals surface area contributed by atoms with E-state index in [2.05, 4.69) is 51.1 Å². The van der Waals surface area contributed by atoms with Gasteiger partial charge in [-0.3, -0.25) is 0 Å². The molecule has 5 nitrogen and oxygen atoms in total. The van der Waals surface area contributed by atoms with Gasteiger partial charge in [0.1, 0.15) is 22.4 Å². The lowest BCUT2D eigenvalue weighted by atomic mass is 10.1. The van der Waals surface area contributed by atoms with E-state index in [0.29, 0.717) is 5.39 Å². The fraction of sp³-hybridized carbons (Fsp3) is 0.304. The van der Waals surface area contributed by atoms with Gasteiger partial charge in [-0.2, -0.15) is 0 Å². The Labute approximate surface area is 173 Å². The lowest BCUT2D eigenvalue weighted by molar-refractivity contribution is -0.936. The first-order valence-electron chi connectivity index (χ1n) is 9.82. The van der Waals surface area contributed by atoms with Crippen molar-refractivity contribution in [2.24, 2.45) is 0 Å². The number of phenols is 1. The van der Waals surface area contributed by atoms with E-state index in [9.17, 15) is 18.1 Å². The number of phenolic OH excluding ortho intramolecular Hbond substituents is 1. The van der Waals surface area contributed by atoms with E-state index < -0.39 is 10.1 Å². The van der Waals surface area contributed by atoms with Gasteiger partial charge in [0.15, 0.2) is 0 Å². The first-order valence-corrected chi connectivity index (χ1v) is 11.2. The Kier molecular flexibility index (Phi) is 7.79. The second-order valence-electron chi connectivity index (χ2n) is 7.02. The first-order chi connectivity index (χ1) is 13.8. The molecular weight excluding hydrogens is 386 g/mol. The summed E-state index contributed by atoms with van der Waals surface area (Å²) in [4.78, 5) is -0.309. The molecule has 3 rings (SSSR count). The van der Waals surface area contributed by atoms with Crippen LogP contribution >= 0.6 is 0 Å². The first kappa shape index (κ1) is 22.9. The normalized spacial score (nSPS) is 11.7. The molecule has 0 aromatic heterocycles. The Bertz CT molecular complexity index is 1020. The van der Waals surface area contributed by atoms with Crippen LogP contribution in [0.2, 0.25) is 0 Å². The quantitative estimate of drug-likeness (QED) is 0.474. The summed E-state index contributed by atoms with van der Waals surface area (Å²) in [5, 5.41) is 10.1. The van der Waals surface area contributed by atoms with E-state index in [4.69, 9.17) is 0 Å². The molecule has 1 N–H and O–H groups in total. The van der Waals surface area contributed by atoms with Gasteiger partial charge >= 0.3 is 0 Å². The van der Waals surface area contributed by atoms with Gasteiger partial charge in [-0.1, -0.05) is 54.6 Å². The zero-order valence-corrected chi connectivity index (χ0v) is 18.0. The molecule has 0 atom stereocenters. The molecule has 0 heterocycles. The van der Waals surface area contributed by atoms with Crippen LogP contribution in [0.3, 0.4) is 0 Å². The molecule has 3 aromatic rings. The van der Waals surface area contributed by atoms with Gasteiger partial charge in [0, 0.05) is 16.3 Å². The molecule has 0 aliphatic heterocycles. The standard InChI is InChI=1S/C13H22N.C10H8O4S/c1-4-14(5-2,6-3)12-13-10-8-7-9-11-13;11-9-5-6-10(15(12,13)14)8-4-2-1-3-7(8)9/h7-11H,4-6,12H2,1-3H3;1-6,11H,(H,12,13,14)/q+1;/p-1. The molecule has 6 heteroatoms. The monoisotopic (exact) mass is 415 g/mol. The summed E-state index contributed by atoms with van der Waals surface area (Å²) >= 11 is 0. The highest BCUT2D eigenvalue weighted by molar-refractivity contribution is 7.86. The number of nitrogens with zero attached hydrogens (tertiary/aromatic N) is 1. The summed E-state index contributed by atoms with van der Waals surface area (Å²) in [6.45, 7) is 11.7. The summed E-state index contributed by atoms with van der Waals surface area (Å²) in [7, 11) is -4.51. The molecule has 0 aliphatic rings. The average Bonchev–Trinajstić information content (AvgIpc) is 2.73. The van der Waals surface area contributed by atoms with Crippen molar-refractivity contribution < 1.29 is 22.6 Å². The summed E-state index contributed by atoms with van der Waals surface area (Å²) in [5.74, 6) is -0.0435. The third kappa shape index (κ3) is 5.79. The smallest absolute Gasteiger partial charge is 0.125 e. The van der Waals surface area contributed by atoms with Crippen LogP contribution in [-0.2, 0) is 16.7 Å². The zero-order chi connectivity index (χ0) is 21.5. The van der Waals surface area contributed by atoms with Crippen molar-refractivity contribution >= 4 is 20.9 Å². The van der Waals surface area contributed by atoms with Crippen LogP contribution in [-0.4, -0.2) is 42.2 Å². The highest BCUT2D eigenvalue weighted by Gasteiger charge is 2.20. The Morgan fingerprint density at radius 3 is 1.83 bits per heavy atom. The topological polar surface area (TPSA) is 77.4 Å². The predicted octanol–water partition coefficient (Wildman–Crippen LogP) is 4.51. The van der Waals surface area contributed by atoms with Crippen molar-refractivity contribution in [3.63, 3.8) is 0 Å². The van der Waals surface area contributed by atoms with Crippen LogP contribution in [0, 0.1) is 0 Å². The van der Waals surface area contributed by atoms with Crippen LogP contribution in [0.4, 0.5) is 0 Å². The third-order valence-corrected chi connectivity index (χ3v) is 6.40. The number of hydrogen-bond donors (Lipinski definition) is 1. The predicted molar refractivity (Wildman–Crippen MR) is 116 cm³/mol. The van der Waals surface area contributed by atoms with Crippen molar-refractivity contribution in [3.05, 3.63) is 72.3 Å². The number of fused-ring (bicyclic) bond motifs is 1. The number of rotatable bonds is 6. The highest BCUT2D eigenvalue weighted by Crippen LogP contribution is 2.29. The van der Waals surface area contributed by atoms with Gasteiger partial charge in [-0.05, 0) is 32.9 Å². The molecule has 0 spiro atoms. The van der Waals surface area contributed by atoms with Gasteiger partial charge in [-0.25, -0.2) is 8.42 Å². The fourth-order valence-corrected chi connectivity index (χ4v) is 4.13.